The molecule has 0 unspecified atom stereocenters. The second kappa shape index (κ2) is 8.84. The molecule has 6 heteroatoms. The second-order valence-corrected chi connectivity index (χ2v) is 12.8. The van der Waals surface area contributed by atoms with Gasteiger partial charge in [0.25, 0.3) is 0 Å². The number of rotatable bonds is 5. The smallest absolute Gasteiger partial charge is 0.239 e. The topological polar surface area (TPSA) is 78.2 Å². The zero-order chi connectivity index (χ0) is 27.8. The van der Waals surface area contributed by atoms with E-state index in [1.54, 1.807) is 0 Å². The molecule has 1 saturated carbocycles. The van der Waals surface area contributed by atoms with Gasteiger partial charge in [0.05, 0.1) is 28.2 Å². The molecule has 0 radical (unpaired) electrons. The van der Waals surface area contributed by atoms with Crippen LogP contribution in [0.4, 0.5) is 5.00 Å². The van der Waals surface area contributed by atoms with Crippen LogP contribution in [0.2, 0.25) is 0 Å². The molecule has 2 amide bonds. The van der Waals surface area contributed by atoms with Crippen molar-refractivity contribution in [1.82, 2.24) is 0 Å². The summed E-state index contributed by atoms with van der Waals surface area (Å²) in [5.41, 5.74) is 2.80. The number of carbonyl (C=O) groups is 3. The van der Waals surface area contributed by atoms with Crippen molar-refractivity contribution in [2.75, 3.05) is 4.90 Å². The maximum absolute atomic E-state index is 14.8. The predicted molar refractivity (Wildman–Crippen MR) is 155 cm³/mol. The molecule has 2 fully saturated rings. The van der Waals surface area contributed by atoms with Crippen molar-refractivity contribution in [2.45, 2.75) is 52.4 Å². The third-order valence-corrected chi connectivity index (χ3v) is 11.1. The van der Waals surface area contributed by atoms with E-state index >= 15 is 0 Å². The van der Waals surface area contributed by atoms with Gasteiger partial charge in [-0.2, -0.15) is 5.26 Å². The Labute approximate surface area is 238 Å². The number of hydrogen-bond donors (Lipinski definition) is 0. The lowest BCUT2D eigenvalue weighted by Crippen LogP contribution is -2.41. The van der Waals surface area contributed by atoms with Crippen molar-refractivity contribution in [1.29, 1.82) is 5.26 Å². The van der Waals surface area contributed by atoms with E-state index < -0.39 is 22.7 Å². The molecule has 40 heavy (non-hydrogen) atoms. The molecule has 4 atom stereocenters. The van der Waals surface area contributed by atoms with Gasteiger partial charge >= 0.3 is 0 Å². The Hall–Kier alpha value is -3.82. The van der Waals surface area contributed by atoms with Crippen LogP contribution in [0, 0.1) is 34.0 Å². The highest BCUT2D eigenvalue weighted by atomic mass is 32.1. The maximum atomic E-state index is 14.8. The third-order valence-electron chi connectivity index (χ3n) is 9.79. The summed E-state index contributed by atoms with van der Waals surface area (Å²) in [6, 6.07) is 22.1. The monoisotopic (exact) mass is 546 g/mol. The highest BCUT2D eigenvalue weighted by molar-refractivity contribution is 7.17. The van der Waals surface area contributed by atoms with E-state index in [0.717, 1.165) is 58.4 Å². The highest BCUT2D eigenvalue weighted by Gasteiger charge is 2.80. The number of nitriles is 1. The minimum atomic E-state index is -1.16. The van der Waals surface area contributed by atoms with Crippen molar-refractivity contribution >= 4 is 45.1 Å². The Morgan fingerprint density at radius 1 is 0.900 bits per heavy atom. The normalized spacial score (nSPS) is 28.7. The van der Waals surface area contributed by atoms with E-state index in [1.165, 1.54) is 16.2 Å². The molecule has 7 rings (SSSR count). The van der Waals surface area contributed by atoms with Crippen LogP contribution in [-0.4, -0.2) is 17.6 Å². The molecule has 0 N–H and O–H groups in total. The number of hydrogen-bond acceptors (Lipinski definition) is 5. The third kappa shape index (κ3) is 2.94. The molecule has 1 aliphatic heterocycles. The van der Waals surface area contributed by atoms with Crippen molar-refractivity contribution < 1.29 is 14.4 Å². The van der Waals surface area contributed by atoms with Crippen LogP contribution in [0.25, 0.3) is 11.1 Å². The number of anilines is 1. The lowest BCUT2D eigenvalue weighted by molar-refractivity contribution is -0.134. The molecule has 1 aromatic heterocycles. The van der Waals surface area contributed by atoms with E-state index in [1.807, 2.05) is 74.5 Å². The number of aryl methyl sites for hydroxylation is 1. The van der Waals surface area contributed by atoms with Crippen LogP contribution in [0.1, 0.15) is 66.7 Å². The first-order valence-electron chi connectivity index (χ1n) is 14.2. The summed E-state index contributed by atoms with van der Waals surface area (Å²) in [6.45, 7) is 3.93. The van der Waals surface area contributed by atoms with E-state index in [-0.39, 0.29) is 17.6 Å². The quantitative estimate of drug-likeness (QED) is 0.338. The van der Waals surface area contributed by atoms with Crippen molar-refractivity contribution in [3.05, 3.63) is 87.8 Å². The summed E-state index contributed by atoms with van der Waals surface area (Å²) >= 11 is 1.42. The standard InChI is InChI=1S/C34H30N2O3S/c1-3-18-34-26(21-14-8-5-9-15-21)25(20-12-6-4-7-13-20)33(2,32(34)39)27-28(34)30(38)36(29(27)37)31-23(19-35)22-16-10-11-17-24(22)40-31/h4-9,12-15,27-28H,3,10-11,16-18H2,1-2H3/t27-,28-,33-,34-/m0/s1. The van der Waals surface area contributed by atoms with Crippen molar-refractivity contribution in [2.24, 2.45) is 22.7 Å². The van der Waals surface area contributed by atoms with Gasteiger partial charge in [-0.25, -0.2) is 4.90 Å². The zero-order valence-corrected chi connectivity index (χ0v) is 23.5. The van der Waals surface area contributed by atoms with Crippen molar-refractivity contribution in [3.8, 4) is 6.07 Å². The lowest BCUT2D eigenvalue weighted by atomic mass is 9.61. The number of fused-ring (bicyclic) bond motifs is 6. The van der Waals surface area contributed by atoms with Gasteiger partial charge in [0.2, 0.25) is 11.8 Å². The van der Waals surface area contributed by atoms with Gasteiger partial charge in [0.1, 0.15) is 11.1 Å². The number of thiophene rings is 1. The number of imide groups is 1. The van der Waals surface area contributed by atoms with Gasteiger partial charge in [-0.05, 0) is 66.9 Å². The van der Waals surface area contributed by atoms with Gasteiger partial charge in [0.15, 0.2) is 5.78 Å². The molecule has 1 saturated heterocycles. The summed E-state index contributed by atoms with van der Waals surface area (Å²) in [5.74, 6) is -2.25. The molecule has 2 aromatic carbocycles. The van der Waals surface area contributed by atoms with Gasteiger partial charge in [-0.1, -0.05) is 74.0 Å². The average molecular weight is 547 g/mol. The summed E-state index contributed by atoms with van der Waals surface area (Å²) in [7, 11) is 0. The fourth-order valence-corrected chi connectivity index (χ4v) is 9.73. The van der Waals surface area contributed by atoms with Crippen molar-refractivity contribution in [3.63, 3.8) is 0 Å². The van der Waals surface area contributed by atoms with E-state index in [2.05, 4.69) is 6.07 Å². The number of amides is 2. The summed E-state index contributed by atoms with van der Waals surface area (Å²) in [6.07, 6.45) is 4.89. The Morgan fingerprint density at radius 3 is 2.12 bits per heavy atom. The predicted octanol–water partition coefficient (Wildman–Crippen LogP) is 6.60. The molecular formula is C34H30N2O3S. The molecule has 0 spiro atoms. The van der Waals surface area contributed by atoms with Gasteiger partial charge < -0.3 is 0 Å². The molecular weight excluding hydrogens is 516 g/mol. The minimum Gasteiger partial charge on any atom is -0.298 e. The fourth-order valence-electron chi connectivity index (χ4n) is 8.38. The SMILES string of the molecule is CCC[C@]12C(=O)[C@@](C)(C(c3ccccc3)=C1c1ccccc1)[C@@H]1C(=O)N(c3sc4c(c3C#N)CCCC4)C(=O)[C@H]12. The van der Waals surface area contributed by atoms with Crippen LogP contribution >= 0.6 is 11.3 Å². The number of ketones is 1. The summed E-state index contributed by atoms with van der Waals surface area (Å²) in [4.78, 5) is 46.3. The van der Waals surface area contributed by atoms with Gasteiger partial charge in [-0.15, -0.1) is 11.3 Å². The Bertz CT molecular complexity index is 1660. The molecule has 4 aliphatic rings. The van der Waals surface area contributed by atoms with Crippen LogP contribution < -0.4 is 4.90 Å². The molecule has 2 bridgehead atoms. The minimum absolute atomic E-state index is 0.0121. The highest BCUT2D eigenvalue weighted by Crippen LogP contribution is 2.75. The van der Waals surface area contributed by atoms with Gasteiger partial charge in [-0.3, -0.25) is 14.4 Å². The van der Waals surface area contributed by atoms with Crippen LogP contribution in [0.5, 0.6) is 0 Å². The molecule has 3 aromatic rings. The van der Waals surface area contributed by atoms with E-state index in [4.69, 9.17) is 0 Å². The Balaban J connectivity index is 1.49. The largest absolute Gasteiger partial charge is 0.298 e. The number of nitrogens with zero attached hydrogens (tertiary/aromatic N) is 2. The van der Waals surface area contributed by atoms with Crippen LogP contribution in [0.15, 0.2) is 60.7 Å². The number of benzene rings is 2. The molecule has 200 valence electrons. The average Bonchev–Trinajstić information content (AvgIpc) is 3.60. The number of Topliss-reactive ketones (excluding diaryl/α,β-unsaturated/α-hetero) is 1. The van der Waals surface area contributed by atoms with E-state index in [0.29, 0.717) is 23.4 Å². The lowest BCUT2D eigenvalue weighted by Gasteiger charge is -2.37. The molecule has 3 aliphatic carbocycles. The van der Waals surface area contributed by atoms with Crippen LogP contribution in [0.3, 0.4) is 0 Å². The first-order chi connectivity index (χ1) is 19.4. The number of carbonyl (C=O) groups excluding carboxylic acids is 3. The fraction of sp³-hybridized carbons (Fsp3) is 0.353. The Morgan fingerprint density at radius 2 is 1.50 bits per heavy atom. The molecule has 5 nitrogen and oxygen atoms in total. The summed E-state index contributed by atoms with van der Waals surface area (Å²) in [5, 5.41) is 10.6. The first-order valence-corrected chi connectivity index (χ1v) is 15.1. The first kappa shape index (κ1) is 25.2. The maximum Gasteiger partial charge on any atom is 0.239 e. The molecule has 2 heterocycles. The number of allylic oxidation sites excluding steroid dienone is 2. The van der Waals surface area contributed by atoms with Crippen LogP contribution in [-0.2, 0) is 27.2 Å². The zero-order valence-electron chi connectivity index (χ0n) is 22.7. The second-order valence-electron chi connectivity index (χ2n) is 11.7. The Kier molecular flexibility index (Phi) is 5.56. The van der Waals surface area contributed by atoms with Gasteiger partial charge in [0, 0.05) is 4.88 Å². The van der Waals surface area contributed by atoms with E-state index in [9.17, 15) is 19.6 Å². The summed E-state index contributed by atoms with van der Waals surface area (Å²) < 4.78 is 0.